The number of hydrogen-bond donors (Lipinski definition) is 1. The molecule has 1 aliphatic carbocycles. The molecule has 1 aromatic rings. The molecule has 2 atom stereocenters. The smallest absolute Gasteiger partial charge is 0.251 e. The van der Waals surface area contributed by atoms with Crippen molar-refractivity contribution < 1.29 is 9.53 Å². The van der Waals surface area contributed by atoms with Crippen molar-refractivity contribution in [2.45, 2.75) is 43.9 Å². The largest absolute Gasteiger partial charge is 0.364 e. The number of carbonyl (C=O) groups excluding carboxylic acids is 1. The van der Waals surface area contributed by atoms with Crippen molar-refractivity contribution in [2.75, 3.05) is 20.6 Å². The molecule has 1 aliphatic heterocycles. The SMILES string of the molecule is CN(C)C(=O)[C@@H]1CC[C@H](CNC2Cc3ccccc3C2)O1. The summed E-state index contributed by atoms with van der Waals surface area (Å²) in [6.45, 7) is 0.843. The van der Waals surface area contributed by atoms with Crippen LogP contribution in [0.1, 0.15) is 24.0 Å². The summed E-state index contributed by atoms with van der Waals surface area (Å²) in [5, 5.41) is 3.61. The molecule has 0 spiro atoms. The minimum Gasteiger partial charge on any atom is -0.364 e. The maximum atomic E-state index is 11.9. The van der Waals surface area contributed by atoms with Gasteiger partial charge in [0, 0.05) is 26.7 Å². The lowest BCUT2D eigenvalue weighted by molar-refractivity contribution is -0.140. The van der Waals surface area contributed by atoms with E-state index in [0.29, 0.717) is 6.04 Å². The van der Waals surface area contributed by atoms with Crippen LogP contribution < -0.4 is 5.32 Å². The van der Waals surface area contributed by atoms with Crippen LogP contribution in [0.25, 0.3) is 0 Å². The monoisotopic (exact) mass is 288 g/mol. The highest BCUT2D eigenvalue weighted by atomic mass is 16.5. The number of carbonyl (C=O) groups is 1. The summed E-state index contributed by atoms with van der Waals surface area (Å²) in [5.74, 6) is 0.0887. The number of nitrogens with zero attached hydrogens (tertiary/aromatic N) is 1. The number of ether oxygens (including phenoxy) is 1. The second-order valence-electron chi connectivity index (χ2n) is 6.34. The van der Waals surface area contributed by atoms with Gasteiger partial charge in [-0.1, -0.05) is 24.3 Å². The Labute approximate surface area is 126 Å². The molecule has 0 radical (unpaired) electrons. The predicted molar refractivity (Wildman–Crippen MR) is 82.2 cm³/mol. The Morgan fingerprint density at radius 3 is 2.52 bits per heavy atom. The summed E-state index contributed by atoms with van der Waals surface area (Å²) in [6, 6.07) is 9.16. The Balaban J connectivity index is 1.45. The Bertz CT molecular complexity index is 490. The summed E-state index contributed by atoms with van der Waals surface area (Å²) in [6.07, 6.45) is 3.94. The van der Waals surface area contributed by atoms with Crippen LogP contribution in [0.5, 0.6) is 0 Å². The number of amides is 1. The molecule has 1 amide bonds. The van der Waals surface area contributed by atoms with Gasteiger partial charge in [-0.3, -0.25) is 4.79 Å². The maximum Gasteiger partial charge on any atom is 0.251 e. The fourth-order valence-corrected chi connectivity index (χ4v) is 3.33. The van der Waals surface area contributed by atoms with Gasteiger partial charge in [0.2, 0.25) is 0 Å². The molecule has 1 heterocycles. The van der Waals surface area contributed by atoms with Gasteiger partial charge in [0.25, 0.3) is 5.91 Å². The summed E-state index contributed by atoms with van der Waals surface area (Å²) >= 11 is 0. The van der Waals surface area contributed by atoms with Crippen LogP contribution in [0.15, 0.2) is 24.3 Å². The first kappa shape index (κ1) is 14.5. The van der Waals surface area contributed by atoms with E-state index in [1.807, 2.05) is 0 Å². The quantitative estimate of drug-likeness (QED) is 0.910. The predicted octanol–water partition coefficient (Wildman–Crippen LogP) is 1.38. The molecule has 1 fully saturated rings. The molecule has 1 saturated heterocycles. The number of fused-ring (bicyclic) bond motifs is 1. The molecule has 2 aliphatic rings. The molecule has 0 aromatic heterocycles. The van der Waals surface area contributed by atoms with Crippen LogP contribution in [0.2, 0.25) is 0 Å². The molecule has 1 aromatic carbocycles. The van der Waals surface area contributed by atoms with Crippen molar-refractivity contribution in [3.8, 4) is 0 Å². The van der Waals surface area contributed by atoms with Gasteiger partial charge in [0.05, 0.1) is 6.10 Å². The highest BCUT2D eigenvalue weighted by Gasteiger charge is 2.32. The number of likely N-dealkylation sites (N-methyl/N-ethyl adjacent to an activating group) is 1. The molecule has 1 N–H and O–H groups in total. The van der Waals surface area contributed by atoms with Crippen molar-refractivity contribution in [3.63, 3.8) is 0 Å². The fourth-order valence-electron chi connectivity index (χ4n) is 3.33. The first-order valence-electron chi connectivity index (χ1n) is 7.80. The zero-order chi connectivity index (χ0) is 14.8. The molecule has 114 valence electrons. The fraction of sp³-hybridized carbons (Fsp3) is 0.588. The highest BCUT2D eigenvalue weighted by molar-refractivity contribution is 5.80. The first-order valence-corrected chi connectivity index (χ1v) is 7.80. The third-order valence-electron chi connectivity index (χ3n) is 4.51. The van der Waals surface area contributed by atoms with Crippen molar-refractivity contribution in [1.82, 2.24) is 10.2 Å². The number of rotatable bonds is 4. The average Bonchev–Trinajstić information content (AvgIpc) is 3.10. The lowest BCUT2D eigenvalue weighted by Crippen LogP contribution is -2.38. The van der Waals surface area contributed by atoms with Gasteiger partial charge < -0.3 is 15.0 Å². The van der Waals surface area contributed by atoms with Gasteiger partial charge in [0.15, 0.2) is 0 Å². The number of hydrogen-bond acceptors (Lipinski definition) is 3. The lowest BCUT2D eigenvalue weighted by atomic mass is 10.1. The van der Waals surface area contributed by atoms with Crippen LogP contribution in [-0.4, -0.2) is 49.7 Å². The molecular weight excluding hydrogens is 264 g/mol. The summed E-state index contributed by atoms with van der Waals surface area (Å²) in [7, 11) is 3.57. The molecule has 0 bridgehead atoms. The van der Waals surface area contributed by atoms with Crippen LogP contribution in [-0.2, 0) is 22.4 Å². The minimum absolute atomic E-state index is 0.0887. The molecule has 4 heteroatoms. The first-order chi connectivity index (χ1) is 10.1. The Kier molecular flexibility index (Phi) is 4.27. The third-order valence-corrected chi connectivity index (χ3v) is 4.51. The van der Waals surface area contributed by atoms with Gasteiger partial charge >= 0.3 is 0 Å². The van der Waals surface area contributed by atoms with E-state index in [9.17, 15) is 4.79 Å². The van der Waals surface area contributed by atoms with E-state index in [2.05, 4.69) is 29.6 Å². The summed E-state index contributed by atoms with van der Waals surface area (Å²) in [5.41, 5.74) is 2.92. The second-order valence-corrected chi connectivity index (χ2v) is 6.34. The minimum atomic E-state index is -0.243. The highest BCUT2D eigenvalue weighted by Crippen LogP contribution is 2.23. The van der Waals surface area contributed by atoms with Crippen LogP contribution in [0.3, 0.4) is 0 Å². The molecule has 3 rings (SSSR count). The molecule has 21 heavy (non-hydrogen) atoms. The summed E-state index contributed by atoms with van der Waals surface area (Å²) in [4.78, 5) is 13.5. The van der Waals surface area contributed by atoms with E-state index in [0.717, 1.165) is 32.2 Å². The molecule has 0 unspecified atom stereocenters. The van der Waals surface area contributed by atoms with Gasteiger partial charge in [-0.05, 0) is 36.8 Å². The summed E-state index contributed by atoms with van der Waals surface area (Å²) < 4.78 is 5.87. The van der Waals surface area contributed by atoms with Gasteiger partial charge in [-0.15, -0.1) is 0 Å². The molecule has 0 saturated carbocycles. The van der Waals surface area contributed by atoms with E-state index in [1.165, 1.54) is 11.1 Å². The molecule has 4 nitrogen and oxygen atoms in total. The second kappa shape index (κ2) is 6.16. The van der Waals surface area contributed by atoms with E-state index in [4.69, 9.17) is 4.74 Å². The number of nitrogens with one attached hydrogen (secondary N) is 1. The van der Waals surface area contributed by atoms with Crippen LogP contribution in [0.4, 0.5) is 0 Å². The van der Waals surface area contributed by atoms with E-state index >= 15 is 0 Å². The topological polar surface area (TPSA) is 41.6 Å². The normalized spacial score (nSPS) is 25.0. The van der Waals surface area contributed by atoms with E-state index in [-0.39, 0.29) is 18.1 Å². The van der Waals surface area contributed by atoms with Gasteiger partial charge in [-0.25, -0.2) is 0 Å². The Morgan fingerprint density at radius 2 is 1.90 bits per heavy atom. The third kappa shape index (κ3) is 3.27. The van der Waals surface area contributed by atoms with Crippen molar-refractivity contribution >= 4 is 5.91 Å². The van der Waals surface area contributed by atoms with Crippen LogP contribution >= 0.6 is 0 Å². The maximum absolute atomic E-state index is 11.9. The van der Waals surface area contributed by atoms with Crippen LogP contribution in [0, 0.1) is 0 Å². The Hall–Kier alpha value is -1.39. The standard InChI is InChI=1S/C17H24N2O2/c1-19(2)17(20)16-8-7-15(21-16)11-18-14-9-12-5-3-4-6-13(12)10-14/h3-6,14-16,18H,7-11H2,1-2H3/t15-,16+/m1/s1. The van der Waals surface area contributed by atoms with Gasteiger partial charge in [0.1, 0.15) is 6.10 Å². The van der Waals surface area contributed by atoms with E-state index < -0.39 is 0 Å². The average molecular weight is 288 g/mol. The van der Waals surface area contributed by atoms with Crippen molar-refractivity contribution in [3.05, 3.63) is 35.4 Å². The molecular formula is C17H24N2O2. The Morgan fingerprint density at radius 1 is 1.24 bits per heavy atom. The van der Waals surface area contributed by atoms with E-state index in [1.54, 1.807) is 19.0 Å². The van der Waals surface area contributed by atoms with Crippen molar-refractivity contribution in [1.29, 1.82) is 0 Å². The number of benzene rings is 1. The zero-order valence-corrected chi connectivity index (χ0v) is 12.8. The van der Waals surface area contributed by atoms with Crippen molar-refractivity contribution in [2.24, 2.45) is 0 Å². The lowest BCUT2D eigenvalue weighted by Gasteiger charge is -2.19. The van der Waals surface area contributed by atoms with Gasteiger partial charge in [-0.2, -0.15) is 0 Å². The zero-order valence-electron chi connectivity index (χ0n) is 12.8.